The monoisotopic (exact) mass is 436 g/mol. The summed E-state index contributed by atoms with van der Waals surface area (Å²) in [5.41, 5.74) is 0.908. The summed E-state index contributed by atoms with van der Waals surface area (Å²) >= 11 is 0. The zero-order valence-electron chi connectivity index (χ0n) is 17.1. The van der Waals surface area contributed by atoms with Crippen LogP contribution in [-0.4, -0.2) is 49.2 Å². The van der Waals surface area contributed by atoms with Crippen molar-refractivity contribution >= 4 is 15.9 Å². The molecule has 0 atom stereocenters. The Morgan fingerprint density at radius 3 is 2.37 bits per heavy atom. The molecule has 0 saturated heterocycles. The van der Waals surface area contributed by atoms with Gasteiger partial charge in [-0.1, -0.05) is 26.0 Å². The molecule has 0 unspecified atom stereocenters. The van der Waals surface area contributed by atoms with Crippen LogP contribution in [-0.2, 0) is 16.4 Å². The molecule has 2 aromatic rings. The Morgan fingerprint density at radius 1 is 1.07 bits per heavy atom. The normalized spacial score (nSPS) is 14.2. The van der Waals surface area contributed by atoms with Crippen molar-refractivity contribution in [3.63, 3.8) is 0 Å². The van der Waals surface area contributed by atoms with E-state index in [1.54, 1.807) is 30.9 Å². The summed E-state index contributed by atoms with van der Waals surface area (Å²) in [6.07, 6.45) is 2.20. The van der Waals surface area contributed by atoms with Crippen LogP contribution >= 0.6 is 0 Å². The van der Waals surface area contributed by atoms with Crippen molar-refractivity contribution in [3.05, 3.63) is 65.2 Å². The minimum Gasteiger partial charge on any atom is -0.335 e. The summed E-state index contributed by atoms with van der Waals surface area (Å²) in [5, 5.41) is 0. The van der Waals surface area contributed by atoms with E-state index in [1.165, 1.54) is 18.2 Å². The predicted molar refractivity (Wildman–Crippen MR) is 111 cm³/mol. The van der Waals surface area contributed by atoms with E-state index < -0.39 is 20.7 Å². The topological polar surface area (TPSA) is 57.7 Å². The van der Waals surface area contributed by atoms with E-state index in [1.807, 2.05) is 0 Å². The summed E-state index contributed by atoms with van der Waals surface area (Å²) in [4.78, 5) is 14.3. The highest BCUT2D eigenvalue weighted by Crippen LogP contribution is 2.29. The van der Waals surface area contributed by atoms with Gasteiger partial charge in [-0.3, -0.25) is 4.79 Å². The first kappa shape index (κ1) is 22.4. The van der Waals surface area contributed by atoms with Crippen molar-refractivity contribution in [2.75, 3.05) is 19.6 Å². The number of nitrogens with zero attached hydrogens (tertiary/aromatic N) is 2. The van der Waals surface area contributed by atoms with Gasteiger partial charge in [0, 0.05) is 31.2 Å². The summed E-state index contributed by atoms with van der Waals surface area (Å²) in [5.74, 6) is -1.55. The van der Waals surface area contributed by atoms with E-state index in [0.29, 0.717) is 13.0 Å². The van der Waals surface area contributed by atoms with Crippen molar-refractivity contribution in [1.29, 1.82) is 0 Å². The smallest absolute Gasteiger partial charge is 0.254 e. The lowest BCUT2D eigenvalue weighted by molar-refractivity contribution is 0.0744. The second kappa shape index (κ2) is 9.22. The predicted octanol–water partition coefficient (Wildman–Crippen LogP) is 3.84. The van der Waals surface area contributed by atoms with Crippen molar-refractivity contribution in [1.82, 2.24) is 9.21 Å². The molecule has 1 aliphatic carbocycles. The molecule has 30 heavy (non-hydrogen) atoms. The Labute approximate surface area is 176 Å². The molecular formula is C22H26F2N2O3S. The number of sulfonamides is 1. The minimum atomic E-state index is -4.03. The number of amides is 1. The molecule has 0 spiro atoms. The number of rotatable bonds is 9. The molecule has 2 aromatic carbocycles. The third-order valence-corrected chi connectivity index (χ3v) is 7.35. The average molecular weight is 437 g/mol. The standard InChI is InChI=1S/C22H26F2N2O3S/c1-3-25(4-2)30(28,29)21-15-17(8-11-20(21)24)22(27)26(19-9-10-19)13-12-16-6-5-7-18(23)14-16/h5-8,11,14-15,19H,3-4,9-10,12-13H2,1-2H3. The van der Waals surface area contributed by atoms with Gasteiger partial charge in [-0.15, -0.1) is 0 Å². The van der Waals surface area contributed by atoms with E-state index in [0.717, 1.165) is 34.8 Å². The second-order valence-electron chi connectivity index (χ2n) is 7.34. The summed E-state index contributed by atoms with van der Waals surface area (Å²) in [6, 6.07) is 9.76. The van der Waals surface area contributed by atoms with Gasteiger partial charge in [0.15, 0.2) is 0 Å². The number of carbonyl (C=O) groups excluding carboxylic acids is 1. The Hall–Kier alpha value is -2.32. The quantitative estimate of drug-likeness (QED) is 0.600. The maximum absolute atomic E-state index is 14.4. The molecular weight excluding hydrogens is 410 g/mol. The molecule has 0 N–H and O–H groups in total. The molecule has 5 nitrogen and oxygen atoms in total. The van der Waals surface area contributed by atoms with Gasteiger partial charge in [0.25, 0.3) is 5.91 Å². The van der Waals surface area contributed by atoms with Crippen LogP contribution in [0.4, 0.5) is 8.78 Å². The lowest BCUT2D eigenvalue weighted by atomic mass is 10.1. The summed E-state index contributed by atoms with van der Waals surface area (Å²) < 4.78 is 54.5. The third kappa shape index (κ3) is 4.87. The summed E-state index contributed by atoms with van der Waals surface area (Å²) in [6.45, 7) is 4.14. The maximum Gasteiger partial charge on any atom is 0.254 e. The Bertz CT molecular complexity index is 1020. The highest BCUT2D eigenvalue weighted by atomic mass is 32.2. The van der Waals surface area contributed by atoms with E-state index in [4.69, 9.17) is 0 Å². The van der Waals surface area contributed by atoms with Crippen molar-refractivity contribution in [3.8, 4) is 0 Å². The van der Waals surface area contributed by atoms with Crippen LogP contribution in [0.1, 0.15) is 42.6 Å². The zero-order chi connectivity index (χ0) is 21.9. The van der Waals surface area contributed by atoms with E-state index in [-0.39, 0.29) is 36.4 Å². The van der Waals surface area contributed by atoms with Crippen LogP contribution in [0.15, 0.2) is 47.4 Å². The summed E-state index contributed by atoms with van der Waals surface area (Å²) in [7, 11) is -4.03. The first-order valence-corrected chi connectivity index (χ1v) is 11.6. The van der Waals surface area contributed by atoms with Crippen LogP contribution < -0.4 is 0 Å². The van der Waals surface area contributed by atoms with Gasteiger partial charge in [0.1, 0.15) is 16.5 Å². The average Bonchev–Trinajstić information content (AvgIpc) is 3.54. The molecule has 162 valence electrons. The van der Waals surface area contributed by atoms with Crippen molar-refractivity contribution < 1.29 is 22.0 Å². The first-order chi connectivity index (χ1) is 14.3. The molecule has 0 heterocycles. The minimum absolute atomic E-state index is 0.0685. The Morgan fingerprint density at radius 2 is 1.77 bits per heavy atom. The van der Waals surface area contributed by atoms with Gasteiger partial charge in [0.05, 0.1) is 0 Å². The number of hydrogen-bond donors (Lipinski definition) is 0. The molecule has 1 fully saturated rings. The highest BCUT2D eigenvalue weighted by molar-refractivity contribution is 7.89. The SMILES string of the molecule is CCN(CC)S(=O)(=O)c1cc(C(=O)N(CCc2cccc(F)c2)C2CC2)ccc1F. The van der Waals surface area contributed by atoms with Crippen LogP contribution in [0.2, 0.25) is 0 Å². The molecule has 1 aliphatic rings. The van der Waals surface area contributed by atoms with Crippen LogP contribution in [0.5, 0.6) is 0 Å². The van der Waals surface area contributed by atoms with Crippen LogP contribution in [0, 0.1) is 11.6 Å². The van der Waals surface area contributed by atoms with Gasteiger partial charge in [-0.2, -0.15) is 4.31 Å². The van der Waals surface area contributed by atoms with Gasteiger partial charge in [-0.05, 0) is 55.2 Å². The third-order valence-electron chi connectivity index (χ3n) is 5.28. The number of hydrogen-bond acceptors (Lipinski definition) is 3. The van der Waals surface area contributed by atoms with Gasteiger partial charge >= 0.3 is 0 Å². The lowest BCUT2D eigenvalue weighted by Crippen LogP contribution is -2.35. The Kier molecular flexibility index (Phi) is 6.88. The van der Waals surface area contributed by atoms with Crippen molar-refractivity contribution in [2.45, 2.75) is 44.0 Å². The molecule has 0 bridgehead atoms. The molecule has 8 heteroatoms. The molecule has 0 radical (unpaired) electrons. The van der Waals surface area contributed by atoms with Crippen LogP contribution in [0.3, 0.4) is 0 Å². The molecule has 1 saturated carbocycles. The molecule has 0 aliphatic heterocycles. The Balaban J connectivity index is 1.85. The number of benzene rings is 2. The highest BCUT2D eigenvalue weighted by Gasteiger charge is 2.34. The molecule has 3 rings (SSSR count). The lowest BCUT2D eigenvalue weighted by Gasteiger charge is -2.24. The number of carbonyl (C=O) groups is 1. The zero-order valence-corrected chi connectivity index (χ0v) is 18.0. The van der Waals surface area contributed by atoms with Gasteiger partial charge in [0.2, 0.25) is 10.0 Å². The molecule has 1 amide bonds. The molecule has 0 aromatic heterocycles. The fourth-order valence-electron chi connectivity index (χ4n) is 3.48. The van der Waals surface area contributed by atoms with E-state index >= 15 is 0 Å². The maximum atomic E-state index is 14.4. The largest absolute Gasteiger partial charge is 0.335 e. The fraction of sp³-hybridized carbons (Fsp3) is 0.409. The van der Waals surface area contributed by atoms with Crippen molar-refractivity contribution in [2.24, 2.45) is 0 Å². The van der Waals surface area contributed by atoms with Gasteiger partial charge < -0.3 is 4.90 Å². The second-order valence-corrected chi connectivity index (χ2v) is 9.25. The van der Waals surface area contributed by atoms with E-state index in [9.17, 15) is 22.0 Å². The fourth-order valence-corrected chi connectivity index (χ4v) is 5.03. The number of halogens is 2. The first-order valence-electron chi connectivity index (χ1n) is 10.1. The van der Waals surface area contributed by atoms with Crippen LogP contribution in [0.25, 0.3) is 0 Å². The van der Waals surface area contributed by atoms with Gasteiger partial charge in [-0.25, -0.2) is 17.2 Å². The van der Waals surface area contributed by atoms with E-state index in [2.05, 4.69) is 0 Å².